The quantitative estimate of drug-likeness (QED) is 0.892. The van der Waals surface area contributed by atoms with Crippen molar-refractivity contribution in [2.75, 3.05) is 13.6 Å². The first-order chi connectivity index (χ1) is 8.31. The highest BCUT2D eigenvalue weighted by Crippen LogP contribution is 2.51. The van der Waals surface area contributed by atoms with Gasteiger partial charge in [-0.1, -0.05) is 13.8 Å². The van der Waals surface area contributed by atoms with Crippen LogP contribution in [-0.4, -0.2) is 29.5 Å². The number of benzene rings is 1. The summed E-state index contributed by atoms with van der Waals surface area (Å²) in [5, 5.41) is 9.36. The number of hydrogen-bond acceptors (Lipinski definition) is 2. The Balaban J connectivity index is 2.06. The van der Waals surface area contributed by atoms with E-state index in [1.807, 2.05) is 14.0 Å². The number of phenolic OH excluding ortho intramolecular Hbond substituents is 1. The lowest BCUT2D eigenvalue weighted by Crippen LogP contribution is -2.30. The van der Waals surface area contributed by atoms with Gasteiger partial charge in [-0.05, 0) is 48.4 Å². The molecule has 1 saturated carbocycles. The van der Waals surface area contributed by atoms with Gasteiger partial charge >= 0.3 is 0 Å². The molecule has 1 amide bonds. The van der Waals surface area contributed by atoms with Crippen LogP contribution < -0.4 is 0 Å². The molecule has 1 fully saturated rings. The predicted octanol–water partition coefficient (Wildman–Crippen LogP) is 2.82. The number of carbonyl (C=O) groups is 1. The van der Waals surface area contributed by atoms with Gasteiger partial charge in [0.2, 0.25) is 0 Å². The molecule has 18 heavy (non-hydrogen) atoms. The Hall–Kier alpha value is -1.51. The summed E-state index contributed by atoms with van der Waals surface area (Å²) in [7, 11) is 1.85. The fourth-order valence-corrected chi connectivity index (χ4v) is 2.39. The second kappa shape index (κ2) is 4.30. The number of rotatable bonds is 3. The number of carbonyl (C=O) groups excluding carboxylic acids is 1. The van der Waals surface area contributed by atoms with Crippen molar-refractivity contribution in [2.24, 2.45) is 11.3 Å². The Morgan fingerprint density at radius 1 is 1.50 bits per heavy atom. The van der Waals surface area contributed by atoms with E-state index in [1.165, 1.54) is 6.42 Å². The van der Waals surface area contributed by atoms with Gasteiger partial charge in [-0.15, -0.1) is 0 Å². The van der Waals surface area contributed by atoms with E-state index in [1.54, 1.807) is 23.1 Å². The molecule has 0 aromatic heterocycles. The second-order valence-corrected chi connectivity index (χ2v) is 6.07. The maximum atomic E-state index is 12.3. The van der Waals surface area contributed by atoms with Crippen molar-refractivity contribution in [1.29, 1.82) is 0 Å². The van der Waals surface area contributed by atoms with Crippen LogP contribution in [0.2, 0.25) is 0 Å². The molecule has 1 aliphatic carbocycles. The van der Waals surface area contributed by atoms with Crippen molar-refractivity contribution in [3.63, 3.8) is 0 Å². The van der Waals surface area contributed by atoms with Gasteiger partial charge in [0.15, 0.2) is 0 Å². The monoisotopic (exact) mass is 247 g/mol. The number of nitrogens with zero attached hydrogens (tertiary/aromatic N) is 1. The van der Waals surface area contributed by atoms with Gasteiger partial charge in [-0.3, -0.25) is 4.79 Å². The molecular weight excluding hydrogens is 226 g/mol. The van der Waals surface area contributed by atoms with Crippen LogP contribution in [0.3, 0.4) is 0 Å². The molecule has 1 unspecified atom stereocenters. The zero-order chi connectivity index (χ0) is 13.5. The standard InChI is InChI=1S/C15H21NO2/c1-10-7-12(17)5-6-13(10)14(18)16(4)9-11-8-15(11,2)3/h5-7,11,17H,8-9H2,1-4H3. The molecule has 1 aromatic rings. The largest absolute Gasteiger partial charge is 0.508 e. The summed E-state index contributed by atoms with van der Waals surface area (Å²) in [6, 6.07) is 4.89. The molecule has 0 saturated heterocycles. The van der Waals surface area contributed by atoms with Crippen molar-refractivity contribution < 1.29 is 9.90 Å². The molecule has 0 aliphatic heterocycles. The highest BCUT2D eigenvalue weighted by atomic mass is 16.3. The van der Waals surface area contributed by atoms with Crippen LogP contribution in [0.1, 0.15) is 36.2 Å². The van der Waals surface area contributed by atoms with Crippen molar-refractivity contribution >= 4 is 5.91 Å². The summed E-state index contributed by atoms with van der Waals surface area (Å²) in [5.74, 6) is 0.856. The van der Waals surface area contributed by atoms with Crippen LogP contribution in [0, 0.1) is 18.3 Å². The molecular formula is C15H21NO2. The van der Waals surface area contributed by atoms with E-state index >= 15 is 0 Å². The second-order valence-electron chi connectivity index (χ2n) is 6.07. The van der Waals surface area contributed by atoms with E-state index in [4.69, 9.17) is 0 Å². The molecule has 1 aliphatic rings. The van der Waals surface area contributed by atoms with E-state index in [2.05, 4.69) is 13.8 Å². The molecule has 2 rings (SSSR count). The highest BCUT2D eigenvalue weighted by Gasteiger charge is 2.46. The number of phenols is 1. The van der Waals surface area contributed by atoms with Gasteiger partial charge in [-0.25, -0.2) is 0 Å². The third kappa shape index (κ3) is 2.50. The van der Waals surface area contributed by atoms with Crippen LogP contribution in [-0.2, 0) is 0 Å². The van der Waals surface area contributed by atoms with Crippen molar-refractivity contribution in [2.45, 2.75) is 27.2 Å². The number of hydrogen-bond donors (Lipinski definition) is 1. The van der Waals surface area contributed by atoms with E-state index in [-0.39, 0.29) is 11.7 Å². The molecule has 1 atom stereocenters. The smallest absolute Gasteiger partial charge is 0.253 e. The molecule has 98 valence electrons. The summed E-state index contributed by atoms with van der Waals surface area (Å²) < 4.78 is 0. The Bertz CT molecular complexity index is 479. The molecule has 1 aromatic carbocycles. The van der Waals surface area contributed by atoms with E-state index < -0.39 is 0 Å². The molecule has 1 N–H and O–H groups in total. The average Bonchev–Trinajstić information content (AvgIpc) is 2.85. The lowest BCUT2D eigenvalue weighted by molar-refractivity contribution is 0.0783. The summed E-state index contributed by atoms with van der Waals surface area (Å²) in [6.45, 7) is 7.14. The Kier molecular flexibility index (Phi) is 3.09. The predicted molar refractivity (Wildman–Crippen MR) is 71.7 cm³/mol. The lowest BCUT2D eigenvalue weighted by Gasteiger charge is -2.19. The van der Waals surface area contributed by atoms with Crippen molar-refractivity contribution in [3.8, 4) is 5.75 Å². The lowest BCUT2D eigenvalue weighted by atomic mass is 10.1. The van der Waals surface area contributed by atoms with Crippen LogP contribution in [0.15, 0.2) is 18.2 Å². The van der Waals surface area contributed by atoms with Gasteiger partial charge in [0.1, 0.15) is 5.75 Å². The first-order valence-corrected chi connectivity index (χ1v) is 6.36. The zero-order valence-electron chi connectivity index (χ0n) is 11.5. The normalized spacial score (nSPS) is 20.6. The average molecular weight is 247 g/mol. The maximum Gasteiger partial charge on any atom is 0.253 e. The highest BCUT2D eigenvalue weighted by molar-refractivity contribution is 5.95. The first-order valence-electron chi connectivity index (χ1n) is 6.36. The van der Waals surface area contributed by atoms with Crippen LogP contribution in [0.4, 0.5) is 0 Å². The van der Waals surface area contributed by atoms with Gasteiger partial charge in [0.25, 0.3) is 5.91 Å². The Morgan fingerprint density at radius 3 is 2.61 bits per heavy atom. The molecule has 0 spiro atoms. The van der Waals surface area contributed by atoms with Crippen LogP contribution in [0.5, 0.6) is 5.75 Å². The molecule has 3 nitrogen and oxygen atoms in total. The molecule has 0 radical (unpaired) electrons. The summed E-state index contributed by atoms with van der Waals surface area (Å²) >= 11 is 0. The number of amides is 1. The minimum absolute atomic E-state index is 0.0372. The fourth-order valence-electron chi connectivity index (χ4n) is 2.39. The number of aromatic hydroxyl groups is 1. The molecule has 0 bridgehead atoms. The third-order valence-corrected chi connectivity index (χ3v) is 4.00. The van der Waals surface area contributed by atoms with Gasteiger partial charge in [0.05, 0.1) is 0 Å². The minimum Gasteiger partial charge on any atom is -0.508 e. The SMILES string of the molecule is Cc1cc(O)ccc1C(=O)N(C)CC1CC1(C)C. The van der Waals surface area contributed by atoms with Crippen LogP contribution in [0.25, 0.3) is 0 Å². The van der Waals surface area contributed by atoms with E-state index in [9.17, 15) is 9.90 Å². The fraction of sp³-hybridized carbons (Fsp3) is 0.533. The summed E-state index contributed by atoms with van der Waals surface area (Å²) in [5.41, 5.74) is 1.88. The van der Waals surface area contributed by atoms with Gasteiger partial charge in [0, 0.05) is 19.2 Å². The summed E-state index contributed by atoms with van der Waals surface area (Å²) in [6.07, 6.45) is 1.19. The Labute approximate surface area is 108 Å². The topological polar surface area (TPSA) is 40.5 Å². The third-order valence-electron chi connectivity index (χ3n) is 4.00. The van der Waals surface area contributed by atoms with E-state index in [0.717, 1.165) is 12.1 Å². The van der Waals surface area contributed by atoms with Crippen molar-refractivity contribution in [3.05, 3.63) is 29.3 Å². The van der Waals surface area contributed by atoms with Gasteiger partial charge < -0.3 is 10.0 Å². The van der Waals surface area contributed by atoms with Crippen LogP contribution >= 0.6 is 0 Å². The maximum absolute atomic E-state index is 12.3. The minimum atomic E-state index is 0.0372. The van der Waals surface area contributed by atoms with Gasteiger partial charge in [-0.2, -0.15) is 0 Å². The molecule has 3 heteroatoms. The first kappa shape index (κ1) is 12.9. The zero-order valence-corrected chi connectivity index (χ0v) is 11.5. The number of aryl methyl sites for hydroxylation is 1. The van der Waals surface area contributed by atoms with E-state index in [0.29, 0.717) is 16.9 Å². The molecule has 0 heterocycles. The summed E-state index contributed by atoms with van der Waals surface area (Å²) in [4.78, 5) is 14.1. The van der Waals surface area contributed by atoms with Crippen molar-refractivity contribution in [1.82, 2.24) is 4.90 Å². The Morgan fingerprint density at radius 2 is 2.11 bits per heavy atom.